The van der Waals surface area contributed by atoms with Crippen molar-refractivity contribution in [3.05, 3.63) is 0 Å². The van der Waals surface area contributed by atoms with Gasteiger partial charge in [-0.2, -0.15) is 0 Å². The van der Waals surface area contributed by atoms with Crippen molar-refractivity contribution in [1.29, 1.82) is 0 Å². The largest absolute Gasteiger partial charge is 0.378 e. The van der Waals surface area contributed by atoms with E-state index in [-0.39, 0.29) is 5.60 Å². The molecule has 0 amide bonds. The molecular formula is C17H32N2O2. The third kappa shape index (κ3) is 3.61. The monoisotopic (exact) mass is 296 g/mol. The van der Waals surface area contributed by atoms with Gasteiger partial charge >= 0.3 is 0 Å². The average Bonchev–Trinajstić information content (AvgIpc) is 2.94. The van der Waals surface area contributed by atoms with Crippen LogP contribution in [0.25, 0.3) is 0 Å². The fourth-order valence-corrected chi connectivity index (χ4v) is 4.50. The maximum atomic E-state index is 6.12. The van der Waals surface area contributed by atoms with Crippen LogP contribution in [-0.2, 0) is 9.47 Å². The van der Waals surface area contributed by atoms with E-state index in [1.807, 2.05) is 0 Å². The Kier molecular flexibility index (Phi) is 5.20. The molecule has 1 saturated carbocycles. The van der Waals surface area contributed by atoms with Crippen molar-refractivity contribution in [1.82, 2.24) is 4.90 Å². The number of hydrogen-bond acceptors (Lipinski definition) is 4. The van der Waals surface area contributed by atoms with Crippen molar-refractivity contribution >= 4 is 0 Å². The molecule has 2 saturated heterocycles. The lowest BCUT2D eigenvalue weighted by Crippen LogP contribution is -2.53. The summed E-state index contributed by atoms with van der Waals surface area (Å²) in [5.74, 6) is 0. The molecule has 1 spiro atoms. The highest BCUT2D eigenvalue weighted by Gasteiger charge is 2.43. The van der Waals surface area contributed by atoms with E-state index in [1.165, 1.54) is 45.1 Å². The van der Waals surface area contributed by atoms with Crippen LogP contribution < -0.4 is 5.73 Å². The second kappa shape index (κ2) is 6.95. The van der Waals surface area contributed by atoms with Crippen LogP contribution in [0.4, 0.5) is 0 Å². The molecule has 4 heteroatoms. The van der Waals surface area contributed by atoms with Gasteiger partial charge in [-0.05, 0) is 51.5 Å². The highest BCUT2D eigenvalue weighted by molar-refractivity contribution is 4.95. The Hall–Kier alpha value is -0.160. The molecule has 4 nitrogen and oxygen atoms in total. The SMILES string of the molecule is CCCN(C1CCC(N)CC1)C1CCOC2(CCOC2)C1. The molecule has 3 rings (SSSR count). The Morgan fingerprint density at radius 2 is 1.90 bits per heavy atom. The van der Waals surface area contributed by atoms with Crippen LogP contribution in [-0.4, -0.2) is 55.0 Å². The van der Waals surface area contributed by atoms with Crippen LogP contribution in [0.2, 0.25) is 0 Å². The summed E-state index contributed by atoms with van der Waals surface area (Å²) >= 11 is 0. The maximum Gasteiger partial charge on any atom is 0.0951 e. The Morgan fingerprint density at radius 1 is 1.10 bits per heavy atom. The summed E-state index contributed by atoms with van der Waals surface area (Å²) < 4.78 is 11.7. The van der Waals surface area contributed by atoms with Crippen LogP contribution >= 0.6 is 0 Å². The van der Waals surface area contributed by atoms with Crippen LogP contribution in [0, 0.1) is 0 Å². The predicted molar refractivity (Wildman–Crippen MR) is 84.4 cm³/mol. The van der Waals surface area contributed by atoms with Gasteiger partial charge in [0.15, 0.2) is 0 Å². The van der Waals surface area contributed by atoms with Gasteiger partial charge in [0.2, 0.25) is 0 Å². The van der Waals surface area contributed by atoms with Gasteiger partial charge in [-0.1, -0.05) is 6.92 Å². The minimum absolute atomic E-state index is 0.0278. The van der Waals surface area contributed by atoms with Gasteiger partial charge in [0.25, 0.3) is 0 Å². The van der Waals surface area contributed by atoms with Gasteiger partial charge in [-0.15, -0.1) is 0 Å². The van der Waals surface area contributed by atoms with E-state index in [9.17, 15) is 0 Å². The van der Waals surface area contributed by atoms with Crippen molar-refractivity contribution in [2.45, 2.75) is 82.0 Å². The van der Waals surface area contributed by atoms with Crippen molar-refractivity contribution in [3.8, 4) is 0 Å². The van der Waals surface area contributed by atoms with Crippen molar-refractivity contribution in [2.24, 2.45) is 5.73 Å². The Labute approximate surface area is 129 Å². The van der Waals surface area contributed by atoms with E-state index in [0.717, 1.165) is 38.7 Å². The summed E-state index contributed by atoms with van der Waals surface area (Å²) in [6.07, 6.45) is 9.62. The number of hydrogen-bond donors (Lipinski definition) is 1. The van der Waals surface area contributed by atoms with Gasteiger partial charge in [-0.25, -0.2) is 0 Å². The normalized spacial score (nSPS) is 41.0. The van der Waals surface area contributed by atoms with Crippen LogP contribution in [0.3, 0.4) is 0 Å². The lowest BCUT2D eigenvalue weighted by atomic mass is 9.85. The topological polar surface area (TPSA) is 47.7 Å². The van der Waals surface area contributed by atoms with Crippen molar-refractivity contribution in [2.75, 3.05) is 26.4 Å². The molecule has 0 aromatic heterocycles. The summed E-state index contributed by atoms with van der Waals surface area (Å²) in [6.45, 7) is 6.11. The van der Waals surface area contributed by atoms with Crippen LogP contribution in [0.5, 0.6) is 0 Å². The molecule has 3 aliphatic rings. The highest BCUT2D eigenvalue weighted by Crippen LogP contribution is 2.37. The van der Waals surface area contributed by atoms with Gasteiger partial charge < -0.3 is 15.2 Å². The molecule has 2 N–H and O–H groups in total. The molecular weight excluding hydrogens is 264 g/mol. The van der Waals surface area contributed by atoms with E-state index in [1.54, 1.807) is 0 Å². The van der Waals surface area contributed by atoms with Gasteiger partial charge in [0.1, 0.15) is 0 Å². The number of ether oxygens (including phenoxy) is 2. The zero-order chi connectivity index (χ0) is 14.7. The van der Waals surface area contributed by atoms with Gasteiger partial charge in [0.05, 0.1) is 12.2 Å². The second-order valence-corrected chi connectivity index (χ2v) is 7.29. The van der Waals surface area contributed by atoms with Crippen molar-refractivity contribution < 1.29 is 9.47 Å². The lowest BCUT2D eigenvalue weighted by molar-refractivity contribution is -0.112. The number of rotatable bonds is 4. The fraction of sp³-hybridized carbons (Fsp3) is 1.00. The molecule has 2 aliphatic heterocycles. The molecule has 2 unspecified atom stereocenters. The summed E-state index contributed by atoms with van der Waals surface area (Å²) in [7, 11) is 0. The zero-order valence-electron chi connectivity index (χ0n) is 13.6. The molecule has 122 valence electrons. The Bertz CT molecular complexity index is 323. The van der Waals surface area contributed by atoms with Crippen molar-refractivity contribution in [3.63, 3.8) is 0 Å². The highest BCUT2D eigenvalue weighted by atomic mass is 16.6. The predicted octanol–water partition coefficient (Wildman–Crippen LogP) is 2.31. The minimum Gasteiger partial charge on any atom is -0.378 e. The summed E-state index contributed by atoms with van der Waals surface area (Å²) in [6, 6.07) is 1.86. The minimum atomic E-state index is 0.0278. The summed E-state index contributed by atoms with van der Waals surface area (Å²) in [5, 5.41) is 0. The number of nitrogens with two attached hydrogens (primary N) is 1. The molecule has 1 aliphatic carbocycles. The van der Waals surface area contributed by atoms with E-state index in [2.05, 4.69) is 11.8 Å². The first-order valence-corrected chi connectivity index (χ1v) is 8.95. The first kappa shape index (κ1) is 15.7. The van der Waals surface area contributed by atoms with Gasteiger partial charge in [-0.3, -0.25) is 4.90 Å². The van der Waals surface area contributed by atoms with E-state index < -0.39 is 0 Å². The summed E-state index contributed by atoms with van der Waals surface area (Å²) in [4.78, 5) is 2.80. The van der Waals surface area contributed by atoms with E-state index >= 15 is 0 Å². The van der Waals surface area contributed by atoms with E-state index in [0.29, 0.717) is 12.1 Å². The second-order valence-electron chi connectivity index (χ2n) is 7.29. The van der Waals surface area contributed by atoms with Crippen LogP contribution in [0.15, 0.2) is 0 Å². The first-order chi connectivity index (χ1) is 10.2. The zero-order valence-corrected chi connectivity index (χ0v) is 13.6. The molecule has 21 heavy (non-hydrogen) atoms. The fourth-order valence-electron chi connectivity index (χ4n) is 4.50. The van der Waals surface area contributed by atoms with Gasteiger partial charge in [0, 0.05) is 37.8 Å². The molecule has 3 fully saturated rings. The average molecular weight is 296 g/mol. The standard InChI is InChI=1S/C17H32N2O2/c1-2-9-19(15-5-3-14(18)4-6-15)16-7-10-21-17(12-16)8-11-20-13-17/h14-16H,2-13,18H2,1H3. The summed E-state index contributed by atoms with van der Waals surface area (Å²) in [5.41, 5.74) is 6.12. The molecule has 0 aromatic carbocycles. The first-order valence-electron chi connectivity index (χ1n) is 8.95. The third-order valence-corrected chi connectivity index (χ3v) is 5.70. The molecule has 0 aromatic rings. The number of nitrogens with zero attached hydrogens (tertiary/aromatic N) is 1. The molecule has 0 radical (unpaired) electrons. The Balaban J connectivity index is 1.65. The third-order valence-electron chi connectivity index (χ3n) is 5.70. The Morgan fingerprint density at radius 3 is 2.57 bits per heavy atom. The van der Waals surface area contributed by atoms with Crippen LogP contribution in [0.1, 0.15) is 58.3 Å². The lowest BCUT2D eigenvalue weighted by Gasteiger charge is -2.46. The smallest absolute Gasteiger partial charge is 0.0951 e. The molecule has 2 heterocycles. The molecule has 2 atom stereocenters. The molecule has 0 bridgehead atoms. The van der Waals surface area contributed by atoms with E-state index in [4.69, 9.17) is 15.2 Å². The quantitative estimate of drug-likeness (QED) is 0.865. The maximum absolute atomic E-state index is 6.12.